The first-order chi connectivity index (χ1) is 10.3. The Morgan fingerprint density at radius 2 is 1.95 bits per heavy atom. The van der Waals surface area contributed by atoms with Crippen molar-refractivity contribution in [1.82, 2.24) is 4.57 Å². The Labute approximate surface area is 139 Å². The number of aliphatic hydroxyl groups is 1. The van der Waals surface area contributed by atoms with E-state index in [1.165, 1.54) is 0 Å². The highest BCUT2D eigenvalue weighted by atomic mass is 35.5. The highest BCUT2D eigenvalue weighted by molar-refractivity contribution is 6.42. The SMILES string of the molecule is CC(C)C(O)c1cc(C(N)=O)n(Cc2ccc(Cl)c(Cl)c2)c1. The van der Waals surface area contributed by atoms with Crippen molar-refractivity contribution in [2.24, 2.45) is 11.7 Å². The molecule has 2 rings (SSSR count). The Kier molecular flexibility index (Phi) is 5.16. The number of rotatable bonds is 5. The molecule has 1 aromatic carbocycles. The van der Waals surface area contributed by atoms with Gasteiger partial charge in [0.25, 0.3) is 5.91 Å². The van der Waals surface area contributed by atoms with Crippen molar-refractivity contribution in [3.63, 3.8) is 0 Å². The Morgan fingerprint density at radius 1 is 1.27 bits per heavy atom. The third-order valence-electron chi connectivity index (χ3n) is 3.48. The fraction of sp³-hybridized carbons (Fsp3) is 0.312. The van der Waals surface area contributed by atoms with Crippen molar-refractivity contribution in [2.45, 2.75) is 26.5 Å². The van der Waals surface area contributed by atoms with Crippen LogP contribution in [0.1, 0.15) is 41.6 Å². The first-order valence-electron chi connectivity index (χ1n) is 6.91. The lowest BCUT2D eigenvalue weighted by molar-refractivity contribution is 0.0992. The second-order valence-corrected chi connectivity index (χ2v) is 6.40. The summed E-state index contributed by atoms with van der Waals surface area (Å²) >= 11 is 11.9. The smallest absolute Gasteiger partial charge is 0.265 e. The first kappa shape index (κ1) is 16.9. The van der Waals surface area contributed by atoms with Crippen LogP contribution >= 0.6 is 23.2 Å². The van der Waals surface area contributed by atoms with Crippen LogP contribution in [0.5, 0.6) is 0 Å². The van der Waals surface area contributed by atoms with Crippen LogP contribution in [0.15, 0.2) is 30.5 Å². The van der Waals surface area contributed by atoms with Gasteiger partial charge >= 0.3 is 0 Å². The second-order valence-electron chi connectivity index (χ2n) is 5.59. The number of hydrogen-bond acceptors (Lipinski definition) is 2. The molecule has 1 heterocycles. The molecule has 3 N–H and O–H groups in total. The summed E-state index contributed by atoms with van der Waals surface area (Å²) in [6.45, 7) is 4.23. The molecule has 0 bridgehead atoms. The van der Waals surface area contributed by atoms with Gasteiger partial charge in [0.1, 0.15) is 5.69 Å². The molecule has 2 aromatic rings. The maximum Gasteiger partial charge on any atom is 0.265 e. The average Bonchev–Trinajstić information content (AvgIpc) is 2.86. The van der Waals surface area contributed by atoms with Crippen LogP contribution in [0.25, 0.3) is 0 Å². The summed E-state index contributed by atoms with van der Waals surface area (Å²) in [5.41, 5.74) is 7.33. The van der Waals surface area contributed by atoms with E-state index in [0.717, 1.165) is 5.56 Å². The van der Waals surface area contributed by atoms with E-state index in [9.17, 15) is 9.90 Å². The fourth-order valence-corrected chi connectivity index (χ4v) is 2.57. The van der Waals surface area contributed by atoms with E-state index in [2.05, 4.69) is 0 Å². The minimum Gasteiger partial charge on any atom is -0.388 e. The molecule has 0 radical (unpaired) electrons. The molecular weight excluding hydrogens is 323 g/mol. The van der Waals surface area contributed by atoms with E-state index in [1.807, 2.05) is 19.9 Å². The number of halogens is 2. The van der Waals surface area contributed by atoms with Gasteiger partial charge in [0.2, 0.25) is 0 Å². The van der Waals surface area contributed by atoms with Crippen LogP contribution in [-0.2, 0) is 6.54 Å². The van der Waals surface area contributed by atoms with Gasteiger partial charge in [-0.3, -0.25) is 4.79 Å². The number of amides is 1. The molecular formula is C16H18Cl2N2O2. The van der Waals surface area contributed by atoms with Crippen LogP contribution < -0.4 is 5.73 Å². The molecule has 0 aliphatic rings. The van der Waals surface area contributed by atoms with E-state index in [0.29, 0.717) is 27.8 Å². The Bertz CT molecular complexity index is 695. The summed E-state index contributed by atoms with van der Waals surface area (Å²) in [5, 5.41) is 11.1. The van der Waals surface area contributed by atoms with Crippen LogP contribution in [0.4, 0.5) is 0 Å². The van der Waals surface area contributed by atoms with E-state index in [1.54, 1.807) is 29.0 Å². The molecule has 6 heteroatoms. The third kappa shape index (κ3) is 3.64. The zero-order chi connectivity index (χ0) is 16.4. The number of benzene rings is 1. The van der Waals surface area contributed by atoms with E-state index < -0.39 is 12.0 Å². The van der Waals surface area contributed by atoms with E-state index >= 15 is 0 Å². The van der Waals surface area contributed by atoms with Crippen molar-refractivity contribution < 1.29 is 9.90 Å². The molecule has 118 valence electrons. The number of carbonyl (C=O) groups is 1. The number of nitrogens with zero attached hydrogens (tertiary/aromatic N) is 1. The van der Waals surface area contributed by atoms with Crippen molar-refractivity contribution >= 4 is 29.1 Å². The standard InChI is InChI=1S/C16H18Cl2N2O2/c1-9(2)15(21)11-6-14(16(19)22)20(8-11)7-10-3-4-12(17)13(18)5-10/h3-6,8-9,15,21H,7H2,1-2H3,(H2,19,22). The number of carbonyl (C=O) groups excluding carboxylic acids is 1. The lowest BCUT2D eigenvalue weighted by Crippen LogP contribution is -2.16. The molecule has 1 atom stereocenters. The van der Waals surface area contributed by atoms with Gasteiger partial charge in [0.05, 0.1) is 16.1 Å². The summed E-state index contributed by atoms with van der Waals surface area (Å²) in [5.74, 6) is -0.496. The summed E-state index contributed by atoms with van der Waals surface area (Å²) in [6.07, 6.45) is 1.10. The third-order valence-corrected chi connectivity index (χ3v) is 4.22. The molecule has 1 aromatic heterocycles. The maximum absolute atomic E-state index is 11.6. The van der Waals surface area contributed by atoms with Gasteiger partial charge in [0.15, 0.2) is 0 Å². The van der Waals surface area contributed by atoms with Gasteiger partial charge in [-0.25, -0.2) is 0 Å². The van der Waals surface area contributed by atoms with Crippen molar-refractivity contribution in [1.29, 1.82) is 0 Å². The molecule has 0 saturated heterocycles. The highest BCUT2D eigenvalue weighted by Gasteiger charge is 2.18. The van der Waals surface area contributed by atoms with Crippen LogP contribution in [0.2, 0.25) is 10.0 Å². The van der Waals surface area contributed by atoms with Crippen LogP contribution in [0.3, 0.4) is 0 Å². The summed E-state index contributed by atoms with van der Waals surface area (Å²) < 4.78 is 1.71. The van der Waals surface area contributed by atoms with Gasteiger partial charge in [-0.15, -0.1) is 0 Å². The minimum absolute atomic E-state index is 0.0431. The zero-order valence-electron chi connectivity index (χ0n) is 12.4. The normalized spacial score (nSPS) is 12.6. The largest absolute Gasteiger partial charge is 0.388 e. The number of nitrogens with two attached hydrogens (primary N) is 1. The van der Waals surface area contributed by atoms with Crippen molar-refractivity contribution in [3.8, 4) is 0 Å². The predicted octanol–water partition coefficient (Wildman–Crippen LogP) is 3.63. The molecule has 1 amide bonds. The number of aliphatic hydroxyl groups excluding tert-OH is 1. The molecule has 22 heavy (non-hydrogen) atoms. The average molecular weight is 341 g/mol. The minimum atomic E-state index is -0.645. The topological polar surface area (TPSA) is 68.2 Å². The Balaban J connectivity index is 2.36. The number of hydrogen-bond donors (Lipinski definition) is 2. The molecule has 0 aliphatic carbocycles. The summed E-state index contributed by atoms with van der Waals surface area (Å²) in [6, 6.07) is 6.91. The van der Waals surface area contributed by atoms with E-state index in [-0.39, 0.29) is 5.92 Å². The molecule has 4 nitrogen and oxygen atoms in total. The quantitative estimate of drug-likeness (QED) is 0.872. The number of aromatic nitrogens is 1. The molecule has 0 fully saturated rings. The van der Waals surface area contributed by atoms with Crippen LogP contribution in [-0.4, -0.2) is 15.6 Å². The van der Waals surface area contributed by atoms with E-state index in [4.69, 9.17) is 28.9 Å². The molecule has 0 saturated carbocycles. The highest BCUT2D eigenvalue weighted by Crippen LogP contribution is 2.26. The van der Waals surface area contributed by atoms with Gasteiger partial charge in [0, 0.05) is 12.7 Å². The van der Waals surface area contributed by atoms with Crippen LogP contribution in [0, 0.1) is 5.92 Å². The Hall–Kier alpha value is -1.49. The molecule has 0 aliphatic heterocycles. The first-order valence-corrected chi connectivity index (χ1v) is 7.67. The summed E-state index contributed by atoms with van der Waals surface area (Å²) in [4.78, 5) is 11.6. The fourth-order valence-electron chi connectivity index (χ4n) is 2.25. The molecule has 0 spiro atoms. The van der Waals surface area contributed by atoms with Crippen molar-refractivity contribution in [3.05, 3.63) is 57.3 Å². The lowest BCUT2D eigenvalue weighted by atomic mass is 10.0. The maximum atomic E-state index is 11.6. The lowest BCUT2D eigenvalue weighted by Gasteiger charge is -2.12. The number of primary amides is 1. The summed E-state index contributed by atoms with van der Waals surface area (Å²) in [7, 11) is 0. The van der Waals surface area contributed by atoms with Gasteiger partial charge < -0.3 is 15.4 Å². The van der Waals surface area contributed by atoms with Gasteiger partial charge in [-0.1, -0.05) is 43.1 Å². The molecule has 1 unspecified atom stereocenters. The second kappa shape index (κ2) is 6.73. The Morgan fingerprint density at radius 3 is 2.50 bits per heavy atom. The zero-order valence-corrected chi connectivity index (χ0v) is 13.9. The monoisotopic (exact) mass is 340 g/mol. The van der Waals surface area contributed by atoms with Crippen molar-refractivity contribution in [2.75, 3.05) is 0 Å². The predicted molar refractivity (Wildman–Crippen MR) is 88.3 cm³/mol. The van der Waals surface area contributed by atoms with Gasteiger partial charge in [-0.2, -0.15) is 0 Å². The van der Waals surface area contributed by atoms with Gasteiger partial charge in [-0.05, 0) is 35.2 Å².